The monoisotopic (exact) mass is 154 g/mol. The number of hydrogen-bond donors (Lipinski definition) is 4. The van der Waals surface area contributed by atoms with Gasteiger partial charge in [-0.15, -0.1) is 0 Å². The Balaban J connectivity index is 2.49. The third kappa shape index (κ3) is 0.827. The Morgan fingerprint density at radius 1 is 1.45 bits per heavy atom. The molecule has 7 heteroatoms. The summed E-state index contributed by atoms with van der Waals surface area (Å²) in [4.78, 5) is 7.52. The van der Waals surface area contributed by atoms with Crippen molar-refractivity contribution in [3.05, 3.63) is 6.33 Å². The van der Waals surface area contributed by atoms with Crippen LogP contribution in [0.2, 0.25) is 0 Å². The van der Waals surface area contributed by atoms with Gasteiger partial charge in [0, 0.05) is 0 Å². The topological polar surface area (TPSA) is 99.3 Å². The van der Waals surface area contributed by atoms with Crippen LogP contribution in [0, 0.1) is 0 Å². The third-order valence-corrected chi connectivity index (χ3v) is 1.31. The smallest absolute Gasteiger partial charge is 0.174 e. The molecule has 0 unspecified atom stereocenters. The minimum Gasteiger partial charge on any atom is -0.382 e. The lowest BCUT2D eigenvalue weighted by molar-refractivity contribution is -0.0341. The van der Waals surface area contributed by atoms with E-state index in [0.29, 0.717) is 22.6 Å². The maximum Gasteiger partial charge on any atom is 0.174 e. The number of aromatic nitrogens is 2. The van der Waals surface area contributed by atoms with E-state index in [1.807, 2.05) is 0 Å². The average molecular weight is 154 g/mol. The molecule has 0 radical (unpaired) electrons. The number of rotatable bonds is 0. The van der Waals surface area contributed by atoms with Crippen molar-refractivity contribution >= 4 is 17.3 Å². The summed E-state index contributed by atoms with van der Waals surface area (Å²) < 4.78 is 0. The quantitative estimate of drug-likeness (QED) is 0.396. The van der Waals surface area contributed by atoms with E-state index in [2.05, 4.69) is 20.8 Å². The average Bonchev–Trinajstić information content (AvgIpc) is 2.31. The van der Waals surface area contributed by atoms with Crippen molar-refractivity contribution in [3.8, 4) is 0 Å². The van der Waals surface area contributed by atoms with Gasteiger partial charge < -0.3 is 5.73 Å². The molecule has 0 fully saturated rings. The maximum atomic E-state index is 8.86. The number of hydrogen-bond acceptors (Lipinski definition) is 7. The van der Waals surface area contributed by atoms with Crippen molar-refractivity contribution < 1.29 is 5.21 Å². The molecule has 0 aromatic carbocycles. The number of hydrazine groups is 2. The van der Waals surface area contributed by atoms with Crippen molar-refractivity contribution in [1.29, 1.82) is 0 Å². The van der Waals surface area contributed by atoms with Gasteiger partial charge in [-0.1, -0.05) is 0 Å². The van der Waals surface area contributed by atoms with Crippen LogP contribution in [0.1, 0.15) is 0 Å². The summed E-state index contributed by atoms with van der Waals surface area (Å²) in [5.41, 5.74) is 10.9. The summed E-state index contributed by atoms with van der Waals surface area (Å²) in [5, 5.41) is 9.53. The van der Waals surface area contributed by atoms with E-state index in [0.717, 1.165) is 0 Å². The first-order valence-electron chi connectivity index (χ1n) is 2.90. The van der Waals surface area contributed by atoms with Crippen LogP contribution in [-0.4, -0.2) is 20.5 Å². The molecule has 0 spiro atoms. The minimum atomic E-state index is 0.291. The summed E-state index contributed by atoms with van der Waals surface area (Å²) >= 11 is 0. The number of anilines is 3. The highest BCUT2D eigenvalue weighted by Crippen LogP contribution is 2.28. The molecular formula is C4H6N6O. The van der Waals surface area contributed by atoms with Crippen molar-refractivity contribution in [1.82, 2.24) is 15.2 Å². The van der Waals surface area contributed by atoms with Gasteiger partial charge in [-0.2, -0.15) is 0 Å². The predicted molar refractivity (Wildman–Crippen MR) is 37.3 cm³/mol. The third-order valence-electron chi connectivity index (χ3n) is 1.31. The first kappa shape index (κ1) is 6.13. The van der Waals surface area contributed by atoms with E-state index < -0.39 is 0 Å². The van der Waals surface area contributed by atoms with Crippen LogP contribution in [0.4, 0.5) is 17.3 Å². The van der Waals surface area contributed by atoms with Gasteiger partial charge in [0.05, 0.1) is 0 Å². The van der Waals surface area contributed by atoms with Gasteiger partial charge in [0.2, 0.25) is 0 Å². The Hall–Kier alpha value is -1.60. The first-order chi connectivity index (χ1) is 5.27. The fourth-order valence-electron chi connectivity index (χ4n) is 0.828. The molecule has 1 aliphatic heterocycles. The van der Waals surface area contributed by atoms with Gasteiger partial charge in [0.25, 0.3) is 0 Å². The minimum absolute atomic E-state index is 0.291. The van der Waals surface area contributed by atoms with Crippen molar-refractivity contribution in [3.63, 3.8) is 0 Å². The fourth-order valence-corrected chi connectivity index (χ4v) is 0.828. The maximum absolute atomic E-state index is 8.86. The van der Waals surface area contributed by atoms with Crippen LogP contribution >= 0.6 is 0 Å². The molecule has 0 aliphatic carbocycles. The summed E-state index contributed by atoms with van der Waals surface area (Å²) in [6, 6.07) is 0. The molecule has 11 heavy (non-hydrogen) atoms. The molecule has 58 valence electrons. The van der Waals surface area contributed by atoms with E-state index in [1.165, 1.54) is 6.33 Å². The van der Waals surface area contributed by atoms with E-state index in [1.54, 1.807) is 0 Å². The van der Waals surface area contributed by atoms with Gasteiger partial charge in [0.1, 0.15) is 12.0 Å². The van der Waals surface area contributed by atoms with Crippen molar-refractivity contribution in [2.24, 2.45) is 0 Å². The van der Waals surface area contributed by atoms with Gasteiger partial charge in [-0.05, 0) is 5.28 Å². The number of nitrogens with two attached hydrogens (primary N) is 1. The Labute approximate surface area is 61.8 Å². The van der Waals surface area contributed by atoms with Crippen LogP contribution in [0.25, 0.3) is 0 Å². The molecule has 0 atom stereocenters. The summed E-state index contributed by atoms with van der Waals surface area (Å²) in [5.74, 6) is 0.749. The zero-order valence-corrected chi connectivity index (χ0v) is 5.44. The lowest BCUT2D eigenvalue weighted by atomic mass is 10.4. The van der Waals surface area contributed by atoms with E-state index in [9.17, 15) is 0 Å². The first-order valence-corrected chi connectivity index (χ1v) is 2.90. The van der Waals surface area contributed by atoms with Crippen LogP contribution in [-0.2, 0) is 0 Å². The molecule has 1 aliphatic rings. The molecule has 0 saturated carbocycles. The van der Waals surface area contributed by atoms with Crippen LogP contribution < -0.4 is 16.6 Å². The van der Waals surface area contributed by atoms with Gasteiger partial charge in [0.15, 0.2) is 11.6 Å². The van der Waals surface area contributed by atoms with Crippen molar-refractivity contribution in [2.45, 2.75) is 0 Å². The zero-order valence-electron chi connectivity index (χ0n) is 5.44. The second-order valence-corrected chi connectivity index (χ2v) is 2.02. The highest BCUT2D eigenvalue weighted by atomic mass is 16.6. The molecule has 2 heterocycles. The fraction of sp³-hybridized carbons (Fsp3) is 0. The standard InChI is InChI=1S/C4H6N6O/c5-3-2-4(7-1-6-3)9-10(11)8-2/h1,8,11H,(H3,5,6,7,9). The van der Waals surface area contributed by atoms with E-state index in [-0.39, 0.29) is 0 Å². The van der Waals surface area contributed by atoms with Crippen LogP contribution in [0.5, 0.6) is 0 Å². The normalized spacial score (nSPS) is 15.4. The Morgan fingerprint density at radius 2 is 2.27 bits per heavy atom. The Bertz CT molecular complexity index is 288. The van der Waals surface area contributed by atoms with Gasteiger partial charge >= 0.3 is 0 Å². The number of nitrogens with one attached hydrogen (secondary N) is 2. The van der Waals surface area contributed by atoms with Gasteiger partial charge in [-0.3, -0.25) is 16.1 Å². The van der Waals surface area contributed by atoms with E-state index in [4.69, 9.17) is 10.9 Å². The lowest BCUT2D eigenvalue weighted by Crippen LogP contribution is -2.25. The second kappa shape index (κ2) is 1.94. The van der Waals surface area contributed by atoms with Crippen molar-refractivity contribution in [2.75, 3.05) is 16.6 Å². The van der Waals surface area contributed by atoms with E-state index >= 15 is 0 Å². The molecule has 0 amide bonds. The largest absolute Gasteiger partial charge is 0.382 e. The molecule has 5 N–H and O–H groups in total. The molecule has 0 saturated heterocycles. The molecular weight excluding hydrogens is 148 g/mol. The number of fused-ring (bicyclic) bond motifs is 1. The number of nitrogens with zero attached hydrogens (tertiary/aromatic N) is 3. The second-order valence-electron chi connectivity index (χ2n) is 2.02. The lowest BCUT2D eigenvalue weighted by Gasteiger charge is -2.03. The Kier molecular flexibility index (Phi) is 1.08. The molecule has 7 nitrogen and oxygen atoms in total. The zero-order chi connectivity index (χ0) is 7.84. The summed E-state index contributed by atoms with van der Waals surface area (Å²) in [7, 11) is 0. The number of nitrogen functional groups attached to an aromatic ring is 1. The van der Waals surface area contributed by atoms with Crippen LogP contribution in [0.3, 0.4) is 0 Å². The van der Waals surface area contributed by atoms with Crippen LogP contribution in [0.15, 0.2) is 6.33 Å². The SMILES string of the molecule is Nc1ncnc2c1NN(O)N2. The summed E-state index contributed by atoms with van der Waals surface area (Å²) in [6.07, 6.45) is 1.31. The molecule has 1 aromatic heterocycles. The predicted octanol–water partition coefficient (Wildman–Crippen LogP) is -0.583. The highest BCUT2D eigenvalue weighted by Gasteiger charge is 2.19. The molecule has 0 bridgehead atoms. The highest BCUT2D eigenvalue weighted by molar-refractivity contribution is 5.76. The van der Waals surface area contributed by atoms with Gasteiger partial charge in [-0.25, -0.2) is 9.97 Å². The Morgan fingerprint density at radius 3 is 3.00 bits per heavy atom. The molecule has 1 aromatic rings. The molecule has 2 rings (SSSR count). The summed E-state index contributed by atoms with van der Waals surface area (Å²) in [6.45, 7) is 0.